The van der Waals surface area contributed by atoms with Crippen LogP contribution in [0.5, 0.6) is 0 Å². The van der Waals surface area contributed by atoms with Crippen molar-refractivity contribution < 1.29 is 13.2 Å². The van der Waals surface area contributed by atoms with Crippen LogP contribution in [0.4, 0.5) is 13.2 Å². The summed E-state index contributed by atoms with van der Waals surface area (Å²) in [7, 11) is 0. The van der Waals surface area contributed by atoms with Crippen LogP contribution < -0.4 is 0 Å². The van der Waals surface area contributed by atoms with Crippen molar-refractivity contribution in [3.05, 3.63) is 51.1 Å². The maximum Gasteiger partial charge on any atom is 0.418 e. The van der Waals surface area contributed by atoms with E-state index >= 15 is 0 Å². The summed E-state index contributed by atoms with van der Waals surface area (Å²) in [6.07, 6.45) is -3.29. The first kappa shape index (κ1) is 14.4. The predicted octanol–water partition coefficient (Wildman–Crippen LogP) is 5.73. The third kappa shape index (κ3) is 2.96. The number of aromatic nitrogens is 1. The van der Waals surface area contributed by atoms with E-state index < -0.39 is 11.7 Å². The molecule has 1 heterocycles. The fourth-order valence-electron chi connectivity index (χ4n) is 1.58. The molecule has 1 nitrogen and oxygen atoms in total. The molecule has 7 heteroatoms. The first-order valence-corrected chi connectivity index (χ1v) is 6.11. The van der Waals surface area contributed by atoms with E-state index in [1.807, 2.05) is 0 Å². The van der Waals surface area contributed by atoms with Crippen LogP contribution in [0, 0.1) is 0 Å². The molecule has 0 aliphatic carbocycles. The van der Waals surface area contributed by atoms with E-state index in [2.05, 4.69) is 4.98 Å². The number of hydrogen-bond acceptors (Lipinski definition) is 1. The molecular weight excluding hydrogens is 321 g/mol. The largest absolute Gasteiger partial charge is 0.418 e. The Balaban J connectivity index is 2.73. The number of benzene rings is 1. The van der Waals surface area contributed by atoms with Crippen LogP contribution in [0.25, 0.3) is 11.3 Å². The maximum absolute atomic E-state index is 12.9. The van der Waals surface area contributed by atoms with Crippen molar-refractivity contribution in [3.63, 3.8) is 0 Å². The first-order valence-electron chi connectivity index (χ1n) is 4.98. The fourth-order valence-corrected chi connectivity index (χ4v) is 2.27. The number of rotatable bonds is 1. The van der Waals surface area contributed by atoms with Crippen molar-refractivity contribution in [1.29, 1.82) is 0 Å². The number of nitrogens with zero attached hydrogens (tertiary/aromatic N) is 1. The molecule has 0 aliphatic rings. The van der Waals surface area contributed by atoms with Gasteiger partial charge in [0.25, 0.3) is 0 Å². The van der Waals surface area contributed by atoms with Crippen molar-refractivity contribution in [3.8, 4) is 11.3 Å². The van der Waals surface area contributed by atoms with Gasteiger partial charge in [0.05, 0.1) is 21.3 Å². The minimum Gasteiger partial charge on any atom is -0.256 e. The van der Waals surface area contributed by atoms with Gasteiger partial charge in [-0.15, -0.1) is 0 Å². The van der Waals surface area contributed by atoms with Gasteiger partial charge in [0.2, 0.25) is 0 Å². The van der Waals surface area contributed by atoms with Gasteiger partial charge in [-0.3, -0.25) is 4.98 Å². The van der Waals surface area contributed by atoms with Crippen LogP contribution >= 0.6 is 34.8 Å². The van der Waals surface area contributed by atoms with E-state index in [1.54, 1.807) is 0 Å². The fraction of sp³-hybridized carbons (Fsp3) is 0.0833. The molecule has 1 aromatic carbocycles. The van der Waals surface area contributed by atoms with Gasteiger partial charge in [-0.25, -0.2) is 0 Å². The first-order chi connectivity index (χ1) is 8.80. The second-order valence-electron chi connectivity index (χ2n) is 3.65. The molecular formula is C12H5Cl3F3N. The molecule has 19 heavy (non-hydrogen) atoms. The Bertz CT molecular complexity index is 626. The topological polar surface area (TPSA) is 12.9 Å². The Hall–Kier alpha value is -0.970. The van der Waals surface area contributed by atoms with Crippen molar-refractivity contribution in [2.75, 3.05) is 0 Å². The summed E-state index contributed by atoms with van der Waals surface area (Å²) in [5.41, 5.74) is -1.15. The van der Waals surface area contributed by atoms with Crippen molar-refractivity contribution in [2.24, 2.45) is 0 Å². The minimum atomic E-state index is -4.54. The lowest BCUT2D eigenvalue weighted by Gasteiger charge is -2.13. The Kier molecular flexibility index (Phi) is 3.95. The number of hydrogen-bond donors (Lipinski definition) is 0. The van der Waals surface area contributed by atoms with E-state index in [9.17, 15) is 13.2 Å². The normalized spacial score (nSPS) is 11.7. The molecule has 2 aromatic rings. The molecule has 100 valence electrons. The van der Waals surface area contributed by atoms with Crippen LogP contribution in [0.3, 0.4) is 0 Å². The lowest BCUT2D eigenvalue weighted by atomic mass is 10.1. The Labute approximate surface area is 121 Å². The average molecular weight is 327 g/mol. The zero-order valence-electron chi connectivity index (χ0n) is 9.10. The zero-order valence-corrected chi connectivity index (χ0v) is 11.4. The van der Waals surface area contributed by atoms with Gasteiger partial charge in [0, 0.05) is 16.8 Å². The Morgan fingerprint density at radius 2 is 1.74 bits per heavy atom. The Morgan fingerprint density at radius 3 is 2.37 bits per heavy atom. The summed E-state index contributed by atoms with van der Waals surface area (Å²) in [4.78, 5) is 3.74. The lowest BCUT2D eigenvalue weighted by Crippen LogP contribution is -2.08. The number of alkyl halides is 3. The molecule has 0 spiro atoms. The molecule has 0 bridgehead atoms. The smallest absolute Gasteiger partial charge is 0.256 e. The standard InChI is InChI=1S/C12H5Cl3F3N/c13-6-4-7(10(15)9(14)5-6)11-8(12(16,17)18)2-1-3-19-11/h1-5H. The third-order valence-electron chi connectivity index (χ3n) is 2.36. The minimum absolute atomic E-state index is 0.0183. The maximum atomic E-state index is 12.9. The monoisotopic (exact) mass is 325 g/mol. The molecule has 0 amide bonds. The van der Waals surface area contributed by atoms with E-state index in [0.717, 1.165) is 6.07 Å². The van der Waals surface area contributed by atoms with Crippen LogP contribution in [-0.2, 0) is 6.18 Å². The second kappa shape index (κ2) is 5.19. The molecule has 0 unspecified atom stereocenters. The van der Waals surface area contributed by atoms with Crippen LogP contribution in [0.2, 0.25) is 15.1 Å². The summed E-state index contributed by atoms with van der Waals surface area (Å²) in [6.45, 7) is 0. The van der Waals surface area contributed by atoms with E-state index in [1.165, 1.54) is 24.4 Å². The highest BCUT2D eigenvalue weighted by atomic mass is 35.5. The average Bonchev–Trinajstić information content (AvgIpc) is 2.33. The summed E-state index contributed by atoms with van der Waals surface area (Å²) in [5, 5.41) is 0.237. The summed E-state index contributed by atoms with van der Waals surface area (Å²) >= 11 is 17.5. The van der Waals surface area contributed by atoms with E-state index in [0.29, 0.717) is 0 Å². The molecule has 0 saturated heterocycles. The molecule has 0 saturated carbocycles. The van der Waals surface area contributed by atoms with Gasteiger partial charge in [0.15, 0.2) is 0 Å². The molecule has 2 rings (SSSR count). The second-order valence-corrected chi connectivity index (χ2v) is 4.87. The number of halogens is 6. The van der Waals surface area contributed by atoms with Crippen LogP contribution in [0.1, 0.15) is 5.56 Å². The van der Waals surface area contributed by atoms with Gasteiger partial charge in [0.1, 0.15) is 0 Å². The Morgan fingerprint density at radius 1 is 1.05 bits per heavy atom. The molecule has 0 N–H and O–H groups in total. The molecule has 0 radical (unpaired) electrons. The summed E-state index contributed by atoms with van der Waals surface area (Å²) in [5.74, 6) is 0. The van der Waals surface area contributed by atoms with E-state index in [4.69, 9.17) is 34.8 Å². The van der Waals surface area contributed by atoms with Gasteiger partial charge in [-0.2, -0.15) is 13.2 Å². The summed E-state index contributed by atoms with van der Waals surface area (Å²) in [6, 6.07) is 4.78. The van der Waals surface area contributed by atoms with Crippen molar-refractivity contribution >= 4 is 34.8 Å². The van der Waals surface area contributed by atoms with Gasteiger partial charge in [-0.05, 0) is 24.3 Å². The highest BCUT2D eigenvalue weighted by Crippen LogP contribution is 2.41. The SMILES string of the molecule is FC(F)(F)c1cccnc1-c1cc(Cl)cc(Cl)c1Cl. The van der Waals surface area contributed by atoms with Crippen molar-refractivity contribution in [1.82, 2.24) is 4.98 Å². The predicted molar refractivity (Wildman–Crippen MR) is 69.7 cm³/mol. The van der Waals surface area contributed by atoms with Crippen LogP contribution in [0.15, 0.2) is 30.5 Å². The van der Waals surface area contributed by atoms with Gasteiger partial charge >= 0.3 is 6.18 Å². The van der Waals surface area contributed by atoms with Gasteiger partial charge < -0.3 is 0 Å². The third-order valence-corrected chi connectivity index (χ3v) is 3.38. The quantitative estimate of drug-likeness (QED) is 0.610. The molecule has 1 aromatic heterocycles. The van der Waals surface area contributed by atoms with Gasteiger partial charge in [-0.1, -0.05) is 34.8 Å². The number of pyridine rings is 1. The summed E-state index contributed by atoms with van der Waals surface area (Å²) < 4.78 is 38.8. The zero-order chi connectivity index (χ0) is 14.2. The van der Waals surface area contributed by atoms with E-state index in [-0.39, 0.29) is 26.3 Å². The molecule has 0 fully saturated rings. The molecule has 0 aliphatic heterocycles. The van der Waals surface area contributed by atoms with Crippen LogP contribution in [-0.4, -0.2) is 4.98 Å². The highest BCUT2D eigenvalue weighted by molar-refractivity contribution is 6.45. The highest BCUT2D eigenvalue weighted by Gasteiger charge is 2.34. The van der Waals surface area contributed by atoms with Crippen molar-refractivity contribution in [2.45, 2.75) is 6.18 Å². The lowest BCUT2D eigenvalue weighted by molar-refractivity contribution is -0.137. The molecule has 0 atom stereocenters.